The second-order valence-electron chi connectivity index (χ2n) is 5.11. The van der Waals surface area contributed by atoms with Gasteiger partial charge in [0.15, 0.2) is 0 Å². The molecule has 1 atom stereocenters. The molecule has 1 fully saturated rings. The molecule has 6 nitrogen and oxygen atoms in total. The van der Waals surface area contributed by atoms with Gasteiger partial charge in [-0.2, -0.15) is 0 Å². The lowest BCUT2D eigenvalue weighted by Gasteiger charge is -2.33. The standard InChI is InChI=1S/C13H24N2O4/c1-4-15(10(2)9-19-3)12(18)14-13(11(16)17)7-5-6-8-13/h10H,4-9H2,1-3H3,(H,14,18)(H,16,17). The number of methoxy groups -OCH3 is 1. The van der Waals surface area contributed by atoms with Gasteiger partial charge in [-0.25, -0.2) is 9.59 Å². The quantitative estimate of drug-likeness (QED) is 0.767. The molecule has 0 bridgehead atoms. The SMILES string of the molecule is CCN(C(=O)NC1(C(=O)O)CCCC1)C(C)COC. The maximum absolute atomic E-state index is 12.3. The van der Waals surface area contributed by atoms with Gasteiger partial charge in [-0.1, -0.05) is 12.8 Å². The van der Waals surface area contributed by atoms with Crippen molar-refractivity contribution in [1.29, 1.82) is 0 Å². The van der Waals surface area contributed by atoms with Crippen LogP contribution in [0.15, 0.2) is 0 Å². The Hall–Kier alpha value is -1.30. The molecular weight excluding hydrogens is 248 g/mol. The van der Waals surface area contributed by atoms with E-state index < -0.39 is 11.5 Å². The lowest BCUT2D eigenvalue weighted by Crippen LogP contribution is -2.58. The molecule has 1 aliphatic rings. The second kappa shape index (κ2) is 6.75. The summed E-state index contributed by atoms with van der Waals surface area (Å²) in [6.07, 6.45) is 2.69. The van der Waals surface area contributed by atoms with Crippen LogP contribution in [0.3, 0.4) is 0 Å². The van der Waals surface area contributed by atoms with E-state index in [-0.39, 0.29) is 12.1 Å². The third kappa shape index (κ3) is 3.59. The van der Waals surface area contributed by atoms with Crippen LogP contribution in [-0.4, -0.2) is 53.8 Å². The summed E-state index contributed by atoms with van der Waals surface area (Å²) < 4.78 is 5.04. The summed E-state index contributed by atoms with van der Waals surface area (Å²) in [6, 6.07) is -0.404. The van der Waals surface area contributed by atoms with Gasteiger partial charge in [-0.05, 0) is 26.7 Å². The monoisotopic (exact) mass is 272 g/mol. The Morgan fingerprint density at radius 3 is 2.42 bits per heavy atom. The highest BCUT2D eigenvalue weighted by Crippen LogP contribution is 2.30. The molecule has 1 saturated carbocycles. The summed E-state index contributed by atoms with van der Waals surface area (Å²) in [6.45, 7) is 4.70. The predicted molar refractivity (Wildman–Crippen MR) is 71.1 cm³/mol. The maximum atomic E-state index is 12.3. The van der Waals surface area contributed by atoms with Gasteiger partial charge in [-0.3, -0.25) is 0 Å². The molecule has 19 heavy (non-hydrogen) atoms. The van der Waals surface area contributed by atoms with Gasteiger partial charge in [0.2, 0.25) is 0 Å². The van der Waals surface area contributed by atoms with E-state index in [1.807, 2.05) is 13.8 Å². The number of hydrogen-bond acceptors (Lipinski definition) is 3. The van der Waals surface area contributed by atoms with Gasteiger partial charge in [-0.15, -0.1) is 0 Å². The summed E-state index contributed by atoms with van der Waals surface area (Å²) in [7, 11) is 1.58. The Morgan fingerprint density at radius 2 is 2.00 bits per heavy atom. The van der Waals surface area contributed by atoms with Gasteiger partial charge in [0, 0.05) is 13.7 Å². The normalized spacial score (nSPS) is 18.9. The third-order valence-corrected chi connectivity index (χ3v) is 3.75. The first-order valence-corrected chi connectivity index (χ1v) is 6.78. The molecule has 0 saturated heterocycles. The smallest absolute Gasteiger partial charge is 0.329 e. The fraction of sp³-hybridized carbons (Fsp3) is 0.846. The van der Waals surface area contributed by atoms with E-state index in [1.165, 1.54) is 0 Å². The fourth-order valence-electron chi connectivity index (χ4n) is 2.63. The first kappa shape index (κ1) is 15.8. The number of carboxylic acids is 1. The molecular formula is C13H24N2O4. The Bertz CT molecular complexity index is 327. The maximum Gasteiger partial charge on any atom is 0.329 e. The van der Waals surface area contributed by atoms with Crippen molar-refractivity contribution in [2.75, 3.05) is 20.3 Å². The molecule has 0 spiro atoms. The summed E-state index contributed by atoms with van der Waals surface area (Å²) >= 11 is 0. The number of carbonyl (C=O) groups is 2. The van der Waals surface area contributed by atoms with E-state index in [0.717, 1.165) is 12.8 Å². The van der Waals surface area contributed by atoms with Crippen molar-refractivity contribution in [2.45, 2.75) is 51.1 Å². The number of aliphatic carboxylic acids is 1. The van der Waals surface area contributed by atoms with Crippen LogP contribution < -0.4 is 5.32 Å². The van der Waals surface area contributed by atoms with Crippen LogP contribution in [0.5, 0.6) is 0 Å². The minimum Gasteiger partial charge on any atom is -0.480 e. The number of carbonyl (C=O) groups excluding carboxylic acids is 1. The number of nitrogens with one attached hydrogen (secondary N) is 1. The topological polar surface area (TPSA) is 78.9 Å². The fourth-order valence-corrected chi connectivity index (χ4v) is 2.63. The van der Waals surface area contributed by atoms with Crippen molar-refractivity contribution in [2.24, 2.45) is 0 Å². The van der Waals surface area contributed by atoms with E-state index in [4.69, 9.17) is 4.74 Å². The first-order valence-electron chi connectivity index (χ1n) is 6.78. The minimum atomic E-state index is -1.09. The molecule has 2 N–H and O–H groups in total. The van der Waals surface area contributed by atoms with Crippen LogP contribution >= 0.6 is 0 Å². The number of rotatable bonds is 6. The molecule has 0 aliphatic heterocycles. The second-order valence-corrected chi connectivity index (χ2v) is 5.11. The third-order valence-electron chi connectivity index (χ3n) is 3.75. The largest absolute Gasteiger partial charge is 0.480 e. The van der Waals surface area contributed by atoms with Crippen LogP contribution in [0.2, 0.25) is 0 Å². The molecule has 0 aromatic carbocycles. The highest BCUT2D eigenvalue weighted by Gasteiger charge is 2.43. The molecule has 0 aromatic rings. The highest BCUT2D eigenvalue weighted by atomic mass is 16.5. The van der Waals surface area contributed by atoms with Crippen LogP contribution in [0, 0.1) is 0 Å². The molecule has 1 aliphatic carbocycles. The van der Waals surface area contributed by atoms with Crippen molar-refractivity contribution >= 4 is 12.0 Å². The average Bonchev–Trinajstić information content (AvgIpc) is 2.80. The molecule has 0 radical (unpaired) electrons. The van der Waals surface area contributed by atoms with Crippen LogP contribution in [-0.2, 0) is 9.53 Å². The molecule has 0 aromatic heterocycles. The number of hydrogen-bond donors (Lipinski definition) is 2. The Labute approximate surface area is 114 Å². The van der Waals surface area contributed by atoms with Crippen LogP contribution in [0.4, 0.5) is 4.79 Å². The zero-order chi connectivity index (χ0) is 14.5. The van der Waals surface area contributed by atoms with Crippen molar-refractivity contribution in [3.63, 3.8) is 0 Å². The lowest BCUT2D eigenvalue weighted by atomic mass is 9.98. The van der Waals surface area contributed by atoms with Crippen molar-refractivity contribution in [3.05, 3.63) is 0 Å². The van der Waals surface area contributed by atoms with Crippen molar-refractivity contribution in [1.82, 2.24) is 10.2 Å². The first-order chi connectivity index (χ1) is 8.96. The predicted octanol–water partition coefficient (Wildman–Crippen LogP) is 1.45. The molecule has 1 unspecified atom stereocenters. The van der Waals surface area contributed by atoms with Crippen molar-refractivity contribution in [3.8, 4) is 0 Å². The van der Waals surface area contributed by atoms with Crippen LogP contribution in [0.25, 0.3) is 0 Å². The Morgan fingerprint density at radius 1 is 1.42 bits per heavy atom. The number of ether oxygens (including phenoxy) is 1. The van der Waals surface area contributed by atoms with Crippen molar-refractivity contribution < 1.29 is 19.4 Å². The molecule has 0 heterocycles. The van der Waals surface area contributed by atoms with E-state index in [2.05, 4.69) is 5.32 Å². The molecule has 110 valence electrons. The van der Waals surface area contributed by atoms with Gasteiger partial charge in [0.1, 0.15) is 5.54 Å². The zero-order valence-electron chi connectivity index (χ0n) is 11.9. The van der Waals surface area contributed by atoms with E-state index in [9.17, 15) is 14.7 Å². The van der Waals surface area contributed by atoms with Gasteiger partial charge in [0.25, 0.3) is 0 Å². The Balaban J connectivity index is 2.72. The average molecular weight is 272 g/mol. The number of urea groups is 1. The van der Waals surface area contributed by atoms with Crippen LogP contribution in [0.1, 0.15) is 39.5 Å². The molecule has 6 heteroatoms. The molecule has 1 rings (SSSR count). The summed E-state index contributed by atoms with van der Waals surface area (Å²) in [5.41, 5.74) is -1.09. The summed E-state index contributed by atoms with van der Waals surface area (Å²) in [5, 5.41) is 12.1. The highest BCUT2D eigenvalue weighted by molar-refractivity contribution is 5.86. The van der Waals surface area contributed by atoms with E-state index in [0.29, 0.717) is 26.0 Å². The number of amides is 2. The summed E-state index contributed by atoms with van der Waals surface area (Å²) in [5.74, 6) is -0.936. The van der Waals surface area contributed by atoms with Gasteiger partial charge in [0.05, 0.1) is 12.6 Å². The lowest BCUT2D eigenvalue weighted by molar-refractivity contribution is -0.144. The van der Waals surface area contributed by atoms with E-state index in [1.54, 1.807) is 12.0 Å². The minimum absolute atomic E-state index is 0.0813. The molecule has 2 amide bonds. The van der Waals surface area contributed by atoms with Gasteiger partial charge >= 0.3 is 12.0 Å². The van der Waals surface area contributed by atoms with E-state index >= 15 is 0 Å². The number of carboxylic acid groups (broad SMARTS) is 1. The van der Waals surface area contributed by atoms with Gasteiger partial charge < -0.3 is 20.1 Å². The Kier molecular flexibility index (Phi) is 5.60. The number of nitrogens with zero attached hydrogens (tertiary/aromatic N) is 1. The zero-order valence-corrected chi connectivity index (χ0v) is 11.9. The summed E-state index contributed by atoms with van der Waals surface area (Å²) in [4.78, 5) is 25.3. The number of likely N-dealkylation sites (N-methyl/N-ethyl adjacent to an activating group) is 1.